The van der Waals surface area contributed by atoms with E-state index in [9.17, 15) is 0 Å². The number of aromatic nitrogens is 1. The molecule has 1 heterocycles. The lowest BCUT2D eigenvalue weighted by Crippen LogP contribution is -2.40. The summed E-state index contributed by atoms with van der Waals surface area (Å²) >= 11 is 0. The van der Waals surface area contributed by atoms with E-state index in [1.807, 2.05) is 12.3 Å². The number of pyridine rings is 1. The maximum absolute atomic E-state index is 4.45. The molecule has 21 heavy (non-hydrogen) atoms. The summed E-state index contributed by atoms with van der Waals surface area (Å²) in [4.78, 5) is 4.45. The summed E-state index contributed by atoms with van der Waals surface area (Å²) in [6.45, 7) is 9.58. The molecule has 3 rings (SSSR count). The number of rotatable bonds is 2. The van der Waals surface area contributed by atoms with Crippen molar-refractivity contribution in [3.05, 3.63) is 36.5 Å². The molecule has 112 valence electrons. The van der Waals surface area contributed by atoms with Crippen molar-refractivity contribution in [2.75, 3.05) is 5.32 Å². The van der Waals surface area contributed by atoms with E-state index in [1.165, 1.54) is 30.3 Å². The van der Waals surface area contributed by atoms with Crippen LogP contribution < -0.4 is 5.32 Å². The molecule has 1 aliphatic rings. The molecule has 2 heteroatoms. The van der Waals surface area contributed by atoms with Gasteiger partial charge < -0.3 is 5.32 Å². The lowest BCUT2D eigenvalue weighted by Gasteiger charge is -2.45. The zero-order valence-corrected chi connectivity index (χ0v) is 13.6. The Labute approximate surface area is 128 Å². The Morgan fingerprint density at radius 3 is 2.43 bits per heavy atom. The molecule has 0 atom stereocenters. The van der Waals surface area contributed by atoms with E-state index in [1.54, 1.807) is 0 Å². The Morgan fingerprint density at radius 1 is 1.00 bits per heavy atom. The van der Waals surface area contributed by atoms with Crippen molar-refractivity contribution in [1.82, 2.24) is 4.98 Å². The van der Waals surface area contributed by atoms with Crippen molar-refractivity contribution >= 4 is 16.6 Å². The van der Waals surface area contributed by atoms with Crippen LogP contribution in [-0.4, -0.2) is 11.0 Å². The molecule has 0 amide bonds. The summed E-state index contributed by atoms with van der Waals surface area (Å²) in [5.74, 6) is 0. The van der Waals surface area contributed by atoms with Gasteiger partial charge in [0.05, 0.1) is 5.52 Å². The maximum atomic E-state index is 4.45. The lowest BCUT2D eigenvalue weighted by molar-refractivity contribution is 0.105. The van der Waals surface area contributed by atoms with Crippen molar-refractivity contribution in [1.29, 1.82) is 0 Å². The molecule has 1 aliphatic carbocycles. The molecule has 1 fully saturated rings. The van der Waals surface area contributed by atoms with Gasteiger partial charge in [-0.3, -0.25) is 4.98 Å². The number of nitrogens with zero attached hydrogens (tertiary/aromatic N) is 1. The van der Waals surface area contributed by atoms with Gasteiger partial charge in [-0.05, 0) is 54.4 Å². The maximum Gasteiger partial charge on any atom is 0.0722 e. The average Bonchev–Trinajstić information content (AvgIpc) is 2.35. The minimum Gasteiger partial charge on any atom is -0.382 e. The van der Waals surface area contributed by atoms with Crippen molar-refractivity contribution in [3.63, 3.8) is 0 Å². The van der Waals surface area contributed by atoms with Crippen LogP contribution in [0.3, 0.4) is 0 Å². The van der Waals surface area contributed by atoms with E-state index < -0.39 is 0 Å². The summed E-state index contributed by atoms with van der Waals surface area (Å²) in [7, 11) is 0. The van der Waals surface area contributed by atoms with Gasteiger partial charge in [0.2, 0.25) is 0 Å². The van der Waals surface area contributed by atoms with E-state index in [0.29, 0.717) is 16.9 Å². The molecule has 1 aromatic heterocycles. The molecule has 0 aliphatic heterocycles. The van der Waals surface area contributed by atoms with Crippen LogP contribution in [0.2, 0.25) is 0 Å². The van der Waals surface area contributed by atoms with Gasteiger partial charge in [-0.15, -0.1) is 0 Å². The summed E-state index contributed by atoms with van der Waals surface area (Å²) in [5, 5.41) is 5.02. The second-order valence-corrected chi connectivity index (χ2v) is 8.13. The van der Waals surface area contributed by atoms with Crippen LogP contribution >= 0.6 is 0 Å². The number of anilines is 1. The van der Waals surface area contributed by atoms with Gasteiger partial charge in [0.15, 0.2) is 0 Å². The molecule has 2 nitrogen and oxygen atoms in total. The molecule has 2 aromatic rings. The van der Waals surface area contributed by atoms with Crippen LogP contribution in [-0.2, 0) is 0 Å². The van der Waals surface area contributed by atoms with Crippen LogP contribution in [0.5, 0.6) is 0 Å². The zero-order chi connectivity index (χ0) is 15.1. The van der Waals surface area contributed by atoms with Crippen LogP contribution in [0.1, 0.15) is 47.0 Å². The standard InChI is InChI=1S/C19H26N2/c1-18(2)11-14(12-19(3,4)13-18)21-17-9-5-8-16-15(17)7-6-10-20-16/h5-10,14,21H,11-13H2,1-4H3. The first-order valence-electron chi connectivity index (χ1n) is 7.95. The molecule has 0 saturated heterocycles. The van der Waals surface area contributed by atoms with Gasteiger partial charge in [-0.2, -0.15) is 0 Å². The first kappa shape index (κ1) is 14.4. The second kappa shape index (κ2) is 5.01. The highest BCUT2D eigenvalue weighted by molar-refractivity contribution is 5.91. The smallest absolute Gasteiger partial charge is 0.0722 e. The Bertz CT molecular complexity index is 622. The number of hydrogen-bond donors (Lipinski definition) is 1. The number of hydrogen-bond acceptors (Lipinski definition) is 2. The molecular formula is C19H26N2. The van der Waals surface area contributed by atoms with Crippen molar-refractivity contribution in [2.24, 2.45) is 10.8 Å². The van der Waals surface area contributed by atoms with Gasteiger partial charge in [0, 0.05) is 23.3 Å². The van der Waals surface area contributed by atoms with E-state index in [2.05, 4.69) is 62.3 Å². The molecule has 0 radical (unpaired) electrons. The number of nitrogens with one attached hydrogen (secondary N) is 1. The van der Waals surface area contributed by atoms with Crippen molar-refractivity contribution in [3.8, 4) is 0 Å². The van der Waals surface area contributed by atoms with Gasteiger partial charge in [0.1, 0.15) is 0 Å². The Balaban J connectivity index is 1.88. The van der Waals surface area contributed by atoms with Crippen molar-refractivity contribution < 1.29 is 0 Å². The summed E-state index contributed by atoms with van der Waals surface area (Å²) < 4.78 is 0. The van der Waals surface area contributed by atoms with E-state index in [-0.39, 0.29) is 0 Å². The van der Waals surface area contributed by atoms with Crippen LogP contribution in [0.4, 0.5) is 5.69 Å². The highest BCUT2D eigenvalue weighted by Crippen LogP contribution is 2.46. The largest absolute Gasteiger partial charge is 0.382 e. The Morgan fingerprint density at radius 2 is 1.71 bits per heavy atom. The SMILES string of the molecule is CC1(C)CC(Nc2cccc3ncccc23)CC(C)(C)C1. The lowest BCUT2D eigenvalue weighted by atomic mass is 9.63. The molecule has 1 N–H and O–H groups in total. The van der Waals surface area contributed by atoms with Gasteiger partial charge in [-0.1, -0.05) is 33.8 Å². The first-order chi connectivity index (χ1) is 9.85. The zero-order valence-electron chi connectivity index (χ0n) is 13.6. The van der Waals surface area contributed by atoms with Crippen LogP contribution in [0.15, 0.2) is 36.5 Å². The third kappa shape index (κ3) is 3.20. The molecule has 0 unspecified atom stereocenters. The van der Waals surface area contributed by atoms with Gasteiger partial charge >= 0.3 is 0 Å². The molecule has 0 bridgehead atoms. The highest BCUT2D eigenvalue weighted by Gasteiger charge is 2.38. The average molecular weight is 282 g/mol. The Hall–Kier alpha value is -1.57. The first-order valence-corrected chi connectivity index (χ1v) is 7.95. The fourth-order valence-electron chi connectivity index (χ4n) is 4.40. The van der Waals surface area contributed by atoms with Crippen LogP contribution in [0, 0.1) is 10.8 Å². The predicted octanol–water partition coefficient (Wildman–Crippen LogP) is 5.25. The van der Waals surface area contributed by atoms with E-state index >= 15 is 0 Å². The molecule has 1 saturated carbocycles. The number of benzene rings is 1. The van der Waals surface area contributed by atoms with E-state index in [0.717, 1.165) is 5.52 Å². The second-order valence-electron chi connectivity index (χ2n) is 8.13. The quantitative estimate of drug-likeness (QED) is 0.813. The third-order valence-corrected chi connectivity index (χ3v) is 4.56. The summed E-state index contributed by atoms with van der Waals surface area (Å²) in [6, 6.07) is 11.1. The molecule has 1 aromatic carbocycles. The summed E-state index contributed by atoms with van der Waals surface area (Å²) in [5.41, 5.74) is 3.10. The van der Waals surface area contributed by atoms with Crippen molar-refractivity contribution in [2.45, 2.75) is 53.0 Å². The minimum atomic E-state index is 0.405. The summed E-state index contributed by atoms with van der Waals surface area (Å²) in [6.07, 6.45) is 5.62. The third-order valence-electron chi connectivity index (χ3n) is 4.56. The Kier molecular flexibility index (Phi) is 3.43. The molecule has 0 spiro atoms. The fourth-order valence-corrected chi connectivity index (χ4v) is 4.40. The number of fused-ring (bicyclic) bond motifs is 1. The monoisotopic (exact) mass is 282 g/mol. The minimum absolute atomic E-state index is 0.405. The topological polar surface area (TPSA) is 24.9 Å². The normalized spacial score (nSPS) is 21.3. The fraction of sp³-hybridized carbons (Fsp3) is 0.526. The van der Waals surface area contributed by atoms with Gasteiger partial charge in [-0.25, -0.2) is 0 Å². The van der Waals surface area contributed by atoms with E-state index in [4.69, 9.17) is 0 Å². The predicted molar refractivity (Wildman–Crippen MR) is 90.6 cm³/mol. The van der Waals surface area contributed by atoms with Gasteiger partial charge in [0.25, 0.3) is 0 Å². The van der Waals surface area contributed by atoms with Crippen LogP contribution in [0.25, 0.3) is 10.9 Å². The molecular weight excluding hydrogens is 256 g/mol. The highest BCUT2D eigenvalue weighted by atomic mass is 14.9.